The van der Waals surface area contributed by atoms with E-state index >= 15 is 0 Å². The van der Waals surface area contributed by atoms with Gasteiger partial charge in [-0.2, -0.15) is 0 Å². The first-order chi connectivity index (χ1) is 6.82. The van der Waals surface area contributed by atoms with E-state index in [2.05, 4.69) is 0 Å². The Labute approximate surface area is 90.5 Å². The quantitative estimate of drug-likeness (QED) is 0.717. The molecule has 1 amide bonds. The highest BCUT2D eigenvalue weighted by Crippen LogP contribution is 2.34. The van der Waals surface area contributed by atoms with Gasteiger partial charge in [0.1, 0.15) is 7.14 Å². The van der Waals surface area contributed by atoms with Crippen LogP contribution in [0, 0.1) is 0 Å². The summed E-state index contributed by atoms with van der Waals surface area (Å²) in [6, 6.07) is 7.02. The molecule has 82 valence electrons. The molecule has 1 aromatic carbocycles. The van der Waals surface area contributed by atoms with E-state index in [1.165, 1.54) is 4.90 Å². The molecule has 15 heavy (non-hydrogen) atoms. The van der Waals surface area contributed by atoms with Gasteiger partial charge in [0.2, 0.25) is 0 Å². The van der Waals surface area contributed by atoms with E-state index in [9.17, 15) is 9.36 Å². The molecule has 0 saturated carbocycles. The van der Waals surface area contributed by atoms with Crippen molar-refractivity contribution >= 4 is 18.4 Å². The Morgan fingerprint density at radius 1 is 1.27 bits per heavy atom. The van der Waals surface area contributed by atoms with Crippen LogP contribution >= 0.6 is 7.14 Å². The zero-order valence-electron chi connectivity index (χ0n) is 9.52. The van der Waals surface area contributed by atoms with Crippen molar-refractivity contribution < 1.29 is 9.36 Å². The second kappa shape index (κ2) is 4.19. The predicted molar refractivity (Wildman–Crippen MR) is 63.5 cm³/mol. The summed E-state index contributed by atoms with van der Waals surface area (Å²) in [6.07, 6.45) is 0. The second-order valence-electron chi connectivity index (χ2n) is 4.10. The zero-order chi connectivity index (χ0) is 11.6. The monoisotopic (exact) mass is 225 g/mol. The van der Waals surface area contributed by atoms with Gasteiger partial charge in [0.15, 0.2) is 0 Å². The van der Waals surface area contributed by atoms with Crippen LogP contribution in [-0.4, -0.2) is 38.2 Å². The summed E-state index contributed by atoms with van der Waals surface area (Å²) in [7, 11) is 1.12. The highest BCUT2D eigenvalue weighted by molar-refractivity contribution is 7.70. The summed E-state index contributed by atoms with van der Waals surface area (Å²) in [5.41, 5.74) is 0.585. The van der Waals surface area contributed by atoms with Gasteiger partial charge >= 0.3 is 0 Å². The average molecular weight is 225 g/mol. The van der Waals surface area contributed by atoms with Crippen LogP contribution in [0.5, 0.6) is 0 Å². The van der Waals surface area contributed by atoms with Crippen molar-refractivity contribution in [1.29, 1.82) is 0 Å². The topological polar surface area (TPSA) is 37.4 Å². The highest BCUT2D eigenvalue weighted by Gasteiger charge is 2.14. The highest BCUT2D eigenvalue weighted by atomic mass is 31.2. The molecule has 0 unspecified atom stereocenters. The number of rotatable bonds is 2. The van der Waals surface area contributed by atoms with Crippen LogP contribution in [-0.2, 0) is 4.57 Å². The van der Waals surface area contributed by atoms with Crippen LogP contribution in [0.1, 0.15) is 10.4 Å². The predicted octanol–water partition coefficient (Wildman–Crippen LogP) is 1.64. The molecule has 0 spiro atoms. The molecule has 0 fully saturated rings. The fourth-order valence-corrected chi connectivity index (χ4v) is 2.13. The number of hydrogen-bond donors (Lipinski definition) is 0. The molecule has 0 atom stereocenters. The van der Waals surface area contributed by atoms with Crippen molar-refractivity contribution in [2.24, 2.45) is 0 Å². The van der Waals surface area contributed by atoms with E-state index < -0.39 is 7.14 Å². The first-order valence-corrected chi connectivity index (χ1v) is 7.30. The average Bonchev–Trinajstić information content (AvgIpc) is 2.15. The van der Waals surface area contributed by atoms with E-state index in [4.69, 9.17) is 0 Å². The Hall–Kier alpha value is -1.08. The lowest BCUT2D eigenvalue weighted by Crippen LogP contribution is -2.22. The molecule has 0 aliphatic heterocycles. The normalized spacial score (nSPS) is 11.2. The van der Waals surface area contributed by atoms with Crippen LogP contribution < -0.4 is 5.30 Å². The van der Waals surface area contributed by atoms with E-state index in [0.717, 1.165) is 5.30 Å². The molecule has 0 aliphatic rings. The molecular formula is C11H16NO2P. The van der Waals surface area contributed by atoms with Crippen LogP contribution in [0.3, 0.4) is 0 Å². The molecule has 0 N–H and O–H groups in total. The third-order valence-corrected chi connectivity index (χ3v) is 3.64. The van der Waals surface area contributed by atoms with Gasteiger partial charge in [-0.25, -0.2) is 0 Å². The van der Waals surface area contributed by atoms with Crippen molar-refractivity contribution in [3.8, 4) is 0 Å². The second-order valence-corrected chi connectivity index (χ2v) is 7.32. The molecule has 1 aromatic rings. The van der Waals surface area contributed by atoms with Gasteiger partial charge in [0, 0.05) is 25.0 Å². The molecular weight excluding hydrogens is 209 g/mol. The van der Waals surface area contributed by atoms with Crippen molar-refractivity contribution in [2.75, 3.05) is 27.4 Å². The number of amides is 1. The zero-order valence-corrected chi connectivity index (χ0v) is 10.4. The summed E-state index contributed by atoms with van der Waals surface area (Å²) >= 11 is 0. The maximum absolute atomic E-state index is 11.8. The lowest BCUT2D eigenvalue weighted by atomic mass is 10.2. The minimum Gasteiger partial charge on any atom is -0.345 e. The first kappa shape index (κ1) is 12.0. The smallest absolute Gasteiger partial charge is 0.253 e. The minimum atomic E-state index is -2.29. The number of benzene rings is 1. The van der Waals surface area contributed by atoms with Gasteiger partial charge in [-0.15, -0.1) is 0 Å². The molecule has 1 rings (SSSR count). The molecule has 0 bridgehead atoms. The summed E-state index contributed by atoms with van der Waals surface area (Å²) in [5.74, 6) is -0.0645. The van der Waals surface area contributed by atoms with Crippen molar-refractivity contribution in [3.63, 3.8) is 0 Å². The molecule has 0 radical (unpaired) electrons. The van der Waals surface area contributed by atoms with Gasteiger partial charge in [0.05, 0.1) is 0 Å². The summed E-state index contributed by atoms with van der Waals surface area (Å²) in [6.45, 7) is 3.40. The molecule has 0 heterocycles. The Morgan fingerprint density at radius 3 is 2.33 bits per heavy atom. The van der Waals surface area contributed by atoms with E-state index in [-0.39, 0.29) is 5.91 Å². The fraction of sp³-hybridized carbons (Fsp3) is 0.364. The van der Waals surface area contributed by atoms with Crippen molar-refractivity contribution in [1.82, 2.24) is 4.90 Å². The largest absolute Gasteiger partial charge is 0.345 e. The number of hydrogen-bond acceptors (Lipinski definition) is 2. The lowest BCUT2D eigenvalue weighted by Gasteiger charge is -2.12. The Kier molecular flexibility index (Phi) is 3.35. The van der Waals surface area contributed by atoms with Gasteiger partial charge in [0.25, 0.3) is 5.91 Å². The SMILES string of the molecule is CN(C)C(=O)c1cccc(P(C)(C)=O)c1. The maximum Gasteiger partial charge on any atom is 0.253 e. The standard InChI is InChI=1S/C11H16NO2P/c1-12(2)11(13)9-6-5-7-10(8-9)15(3,4)14/h5-8H,1-4H3. The third-order valence-electron chi connectivity index (χ3n) is 2.12. The molecule has 0 aliphatic carbocycles. The first-order valence-electron chi connectivity index (χ1n) is 4.69. The van der Waals surface area contributed by atoms with Gasteiger partial charge in [-0.3, -0.25) is 4.79 Å². The lowest BCUT2D eigenvalue weighted by molar-refractivity contribution is 0.0827. The summed E-state index contributed by atoms with van der Waals surface area (Å²) in [4.78, 5) is 13.2. The van der Waals surface area contributed by atoms with E-state index in [0.29, 0.717) is 5.56 Å². The third kappa shape index (κ3) is 2.93. The van der Waals surface area contributed by atoms with E-state index in [1.807, 2.05) is 0 Å². The van der Waals surface area contributed by atoms with E-state index in [1.54, 1.807) is 51.7 Å². The summed E-state index contributed by atoms with van der Waals surface area (Å²) < 4.78 is 11.8. The number of carbonyl (C=O) groups is 1. The number of carbonyl (C=O) groups excluding carboxylic acids is 1. The van der Waals surface area contributed by atoms with Crippen molar-refractivity contribution in [3.05, 3.63) is 29.8 Å². The Morgan fingerprint density at radius 2 is 1.87 bits per heavy atom. The minimum absolute atomic E-state index is 0.0645. The van der Waals surface area contributed by atoms with Crippen molar-refractivity contribution in [2.45, 2.75) is 0 Å². The number of nitrogens with zero attached hydrogens (tertiary/aromatic N) is 1. The molecule has 0 aromatic heterocycles. The Balaban J connectivity index is 3.14. The van der Waals surface area contributed by atoms with Crippen LogP contribution in [0.15, 0.2) is 24.3 Å². The van der Waals surface area contributed by atoms with Gasteiger partial charge in [-0.05, 0) is 25.5 Å². The van der Waals surface area contributed by atoms with Crippen LogP contribution in [0.4, 0.5) is 0 Å². The maximum atomic E-state index is 11.8. The Bertz CT molecular complexity index is 420. The van der Waals surface area contributed by atoms with Gasteiger partial charge < -0.3 is 9.46 Å². The molecule has 4 heteroatoms. The summed E-state index contributed by atoms with van der Waals surface area (Å²) in [5, 5.41) is 0.746. The molecule has 3 nitrogen and oxygen atoms in total. The van der Waals surface area contributed by atoms with Crippen LogP contribution in [0.25, 0.3) is 0 Å². The van der Waals surface area contributed by atoms with Gasteiger partial charge in [-0.1, -0.05) is 12.1 Å². The van der Waals surface area contributed by atoms with Crippen LogP contribution in [0.2, 0.25) is 0 Å². The molecule has 0 saturated heterocycles. The fourth-order valence-electron chi connectivity index (χ4n) is 1.23.